The first-order valence-corrected chi connectivity index (χ1v) is 8.81. The van der Waals surface area contributed by atoms with E-state index >= 15 is 0 Å². The van der Waals surface area contributed by atoms with E-state index in [4.69, 9.17) is 0 Å². The van der Waals surface area contributed by atoms with Crippen LogP contribution in [0.15, 0.2) is 30.3 Å². The van der Waals surface area contributed by atoms with E-state index in [0.29, 0.717) is 25.6 Å². The van der Waals surface area contributed by atoms with Crippen molar-refractivity contribution < 1.29 is 13.5 Å². The molecule has 0 spiro atoms. The molecule has 3 atom stereocenters. The molecule has 3 unspecified atom stereocenters. The molecule has 0 amide bonds. The third-order valence-electron chi connectivity index (χ3n) is 4.75. The summed E-state index contributed by atoms with van der Waals surface area (Å²) in [6, 6.07) is 9.59. The molecule has 0 aromatic heterocycles. The second kappa shape index (κ2) is 5.68. The minimum atomic E-state index is -3.45. The fourth-order valence-corrected chi connectivity index (χ4v) is 4.95. The van der Waals surface area contributed by atoms with Crippen molar-refractivity contribution in [1.82, 2.24) is 8.61 Å². The number of hydrogen-bond acceptors (Lipinski definition) is 3. The SMILES string of the molecule is CN(Cc1ccccc1)S(=O)(=O)N1CC2CCC(O)C2C1. The number of fused-ring (bicyclic) bond motifs is 1. The average Bonchev–Trinajstić information content (AvgIpc) is 3.03. The maximum atomic E-state index is 12.6. The summed E-state index contributed by atoms with van der Waals surface area (Å²) in [4.78, 5) is 0. The van der Waals surface area contributed by atoms with E-state index in [1.165, 1.54) is 8.61 Å². The molecule has 1 heterocycles. The summed E-state index contributed by atoms with van der Waals surface area (Å²) < 4.78 is 28.2. The quantitative estimate of drug-likeness (QED) is 0.905. The van der Waals surface area contributed by atoms with Crippen molar-refractivity contribution in [2.45, 2.75) is 25.5 Å². The Hall–Kier alpha value is -0.950. The van der Waals surface area contributed by atoms with Crippen LogP contribution in [-0.2, 0) is 16.8 Å². The van der Waals surface area contributed by atoms with Crippen molar-refractivity contribution in [3.63, 3.8) is 0 Å². The average molecular weight is 310 g/mol. The van der Waals surface area contributed by atoms with Crippen LogP contribution in [0.5, 0.6) is 0 Å². The maximum absolute atomic E-state index is 12.6. The van der Waals surface area contributed by atoms with Gasteiger partial charge in [-0.1, -0.05) is 30.3 Å². The lowest BCUT2D eigenvalue weighted by atomic mass is 10.00. The van der Waals surface area contributed by atoms with E-state index in [1.807, 2.05) is 30.3 Å². The Morgan fingerprint density at radius 2 is 1.95 bits per heavy atom. The Kier molecular flexibility index (Phi) is 4.05. The summed E-state index contributed by atoms with van der Waals surface area (Å²) in [5, 5.41) is 9.92. The molecule has 1 aliphatic carbocycles. The minimum absolute atomic E-state index is 0.116. The standard InChI is InChI=1S/C15H22N2O3S/c1-16(9-12-5-3-2-4-6-12)21(19,20)17-10-13-7-8-15(18)14(13)11-17/h2-6,13-15,18H,7-11H2,1H3. The van der Waals surface area contributed by atoms with E-state index in [0.717, 1.165) is 18.4 Å². The molecule has 1 aromatic carbocycles. The molecule has 1 N–H and O–H groups in total. The van der Waals surface area contributed by atoms with Crippen LogP contribution >= 0.6 is 0 Å². The molecule has 1 aromatic rings. The van der Waals surface area contributed by atoms with Crippen molar-refractivity contribution in [3.05, 3.63) is 35.9 Å². The zero-order valence-corrected chi connectivity index (χ0v) is 13.0. The van der Waals surface area contributed by atoms with Gasteiger partial charge in [0.15, 0.2) is 0 Å². The number of benzene rings is 1. The normalized spacial score (nSPS) is 30.0. The molecule has 5 nitrogen and oxygen atoms in total. The molecule has 6 heteroatoms. The first-order valence-electron chi connectivity index (χ1n) is 7.42. The topological polar surface area (TPSA) is 60.9 Å². The third-order valence-corrected chi connectivity index (χ3v) is 6.62. The summed E-state index contributed by atoms with van der Waals surface area (Å²) in [6.07, 6.45) is 1.40. The van der Waals surface area contributed by atoms with Gasteiger partial charge in [-0.3, -0.25) is 0 Å². The van der Waals surface area contributed by atoms with Gasteiger partial charge in [0.25, 0.3) is 10.2 Å². The molecule has 116 valence electrons. The molecule has 2 aliphatic rings. The Balaban J connectivity index is 1.69. The molecule has 0 radical (unpaired) electrons. The largest absolute Gasteiger partial charge is 0.393 e. The summed E-state index contributed by atoms with van der Waals surface area (Å²) in [7, 11) is -1.83. The van der Waals surface area contributed by atoms with Crippen LogP contribution in [0.2, 0.25) is 0 Å². The highest BCUT2D eigenvalue weighted by Crippen LogP contribution is 2.39. The Bertz CT molecular complexity index is 590. The van der Waals surface area contributed by atoms with Gasteiger partial charge in [0.1, 0.15) is 0 Å². The molecule has 1 saturated carbocycles. The lowest BCUT2D eigenvalue weighted by molar-refractivity contribution is 0.129. The van der Waals surface area contributed by atoms with E-state index in [1.54, 1.807) is 7.05 Å². The predicted molar refractivity (Wildman–Crippen MR) is 80.6 cm³/mol. The lowest BCUT2D eigenvalue weighted by Gasteiger charge is -2.25. The monoisotopic (exact) mass is 310 g/mol. The summed E-state index contributed by atoms with van der Waals surface area (Å²) in [5.41, 5.74) is 0.975. The van der Waals surface area contributed by atoms with Crippen molar-refractivity contribution in [2.75, 3.05) is 20.1 Å². The van der Waals surface area contributed by atoms with Gasteiger partial charge in [-0.15, -0.1) is 0 Å². The van der Waals surface area contributed by atoms with Crippen LogP contribution in [0.3, 0.4) is 0 Å². The smallest absolute Gasteiger partial charge is 0.282 e. The first-order chi connectivity index (χ1) is 9.98. The molecule has 21 heavy (non-hydrogen) atoms. The maximum Gasteiger partial charge on any atom is 0.282 e. The minimum Gasteiger partial charge on any atom is -0.393 e. The molecule has 3 rings (SSSR count). The summed E-state index contributed by atoms with van der Waals surface area (Å²) in [6.45, 7) is 1.37. The summed E-state index contributed by atoms with van der Waals surface area (Å²) in [5.74, 6) is 0.435. The highest BCUT2D eigenvalue weighted by atomic mass is 32.2. The summed E-state index contributed by atoms with van der Waals surface area (Å²) >= 11 is 0. The highest BCUT2D eigenvalue weighted by molar-refractivity contribution is 7.86. The van der Waals surface area contributed by atoms with Gasteiger partial charge in [-0.25, -0.2) is 0 Å². The number of hydrogen-bond donors (Lipinski definition) is 1. The molecule has 1 saturated heterocycles. The van der Waals surface area contributed by atoms with Gasteiger partial charge >= 0.3 is 0 Å². The van der Waals surface area contributed by atoms with Gasteiger partial charge in [0.05, 0.1) is 6.10 Å². The second-order valence-corrected chi connectivity index (χ2v) is 8.17. The van der Waals surface area contributed by atoms with Gasteiger partial charge in [-0.05, 0) is 24.3 Å². The van der Waals surface area contributed by atoms with Crippen LogP contribution < -0.4 is 0 Å². The number of nitrogens with zero attached hydrogens (tertiary/aromatic N) is 2. The van der Waals surface area contributed by atoms with E-state index in [-0.39, 0.29) is 12.0 Å². The molecular formula is C15H22N2O3S. The van der Waals surface area contributed by atoms with Gasteiger partial charge in [0, 0.05) is 32.6 Å². The molecule has 1 aliphatic heterocycles. The predicted octanol–water partition coefficient (Wildman–Crippen LogP) is 1.07. The number of rotatable bonds is 4. The highest BCUT2D eigenvalue weighted by Gasteiger charge is 2.46. The molecular weight excluding hydrogens is 288 g/mol. The van der Waals surface area contributed by atoms with E-state index in [9.17, 15) is 13.5 Å². The lowest BCUT2D eigenvalue weighted by Crippen LogP contribution is -2.41. The molecule has 2 fully saturated rings. The van der Waals surface area contributed by atoms with Gasteiger partial charge in [0.2, 0.25) is 0 Å². The van der Waals surface area contributed by atoms with Gasteiger partial charge in [-0.2, -0.15) is 17.0 Å². The van der Waals surface area contributed by atoms with Crippen LogP contribution in [0, 0.1) is 11.8 Å². The van der Waals surface area contributed by atoms with Crippen LogP contribution in [0.1, 0.15) is 18.4 Å². The van der Waals surface area contributed by atoms with Crippen LogP contribution in [0.4, 0.5) is 0 Å². The second-order valence-electron chi connectivity index (χ2n) is 6.14. The zero-order chi connectivity index (χ0) is 15.0. The van der Waals surface area contributed by atoms with Crippen molar-refractivity contribution in [3.8, 4) is 0 Å². The Labute approximate surface area is 126 Å². The third kappa shape index (κ3) is 2.85. The van der Waals surface area contributed by atoms with Gasteiger partial charge < -0.3 is 5.11 Å². The van der Waals surface area contributed by atoms with Crippen LogP contribution in [0.25, 0.3) is 0 Å². The Morgan fingerprint density at radius 1 is 1.24 bits per heavy atom. The van der Waals surface area contributed by atoms with Crippen LogP contribution in [-0.4, -0.2) is 48.4 Å². The van der Waals surface area contributed by atoms with E-state index in [2.05, 4.69) is 0 Å². The number of aliphatic hydroxyl groups excluding tert-OH is 1. The van der Waals surface area contributed by atoms with E-state index < -0.39 is 10.2 Å². The Morgan fingerprint density at radius 3 is 2.62 bits per heavy atom. The number of aliphatic hydroxyl groups is 1. The van der Waals surface area contributed by atoms with Crippen molar-refractivity contribution in [1.29, 1.82) is 0 Å². The zero-order valence-electron chi connectivity index (χ0n) is 12.2. The fourth-order valence-electron chi connectivity index (χ4n) is 3.50. The van der Waals surface area contributed by atoms with Crippen molar-refractivity contribution in [2.24, 2.45) is 11.8 Å². The first kappa shape index (κ1) is 15.0. The van der Waals surface area contributed by atoms with Crippen molar-refractivity contribution >= 4 is 10.2 Å². The molecule has 0 bridgehead atoms. The fraction of sp³-hybridized carbons (Fsp3) is 0.600.